The summed E-state index contributed by atoms with van der Waals surface area (Å²) in [6.07, 6.45) is 4.09. The molecule has 146 valence electrons. The lowest BCUT2D eigenvalue weighted by Crippen LogP contribution is -2.17. The maximum absolute atomic E-state index is 8.74. The Labute approximate surface area is 162 Å². The van der Waals surface area contributed by atoms with Crippen LogP contribution in [0.25, 0.3) is 10.8 Å². The zero-order valence-corrected chi connectivity index (χ0v) is 17.0. The van der Waals surface area contributed by atoms with Crippen LogP contribution < -0.4 is 0 Å². The molecular weight excluding hydrogens is 362 g/mol. The highest BCUT2D eigenvalue weighted by molar-refractivity contribution is 7.79. The Bertz CT molecular complexity index is 919. The third kappa shape index (κ3) is 11.2. The van der Waals surface area contributed by atoms with Crippen molar-refractivity contribution in [3.63, 3.8) is 0 Å². The molecule has 0 atom stereocenters. The molecule has 0 radical (unpaired) electrons. The van der Waals surface area contributed by atoms with Crippen LogP contribution in [0.2, 0.25) is 0 Å². The second-order valence-corrected chi connectivity index (χ2v) is 8.10. The van der Waals surface area contributed by atoms with E-state index in [4.69, 9.17) is 17.5 Å². The Morgan fingerprint density at radius 2 is 1.67 bits per heavy atom. The summed E-state index contributed by atoms with van der Waals surface area (Å²) < 4.78 is 31.6. The third-order valence-electron chi connectivity index (χ3n) is 3.39. The van der Waals surface area contributed by atoms with Gasteiger partial charge in [-0.15, -0.1) is 0 Å². The number of likely N-dealkylation sites (N-methyl/N-ethyl adjacent to an activating group) is 1. The molecule has 0 aliphatic rings. The zero-order chi connectivity index (χ0) is 20.5. The first-order chi connectivity index (χ1) is 12.5. The first-order valence-corrected chi connectivity index (χ1v) is 9.88. The lowest BCUT2D eigenvalue weighted by Gasteiger charge is -2.15. The minimum atomic E-state index is -4.67. The van der Waals surface area contributed by atoms with E-state index in [1.165, 1.54) is 16.3 Å². The molecule has 0 fully saturated rings. The molecule has 27 heavy (non-hydrogen) atoms. The fraction of sp³-hybridized carbons (Fsp3) is 0.333. The lowest BCUT2D eigenvalue weighted by atomic mass is 9.98. The number of hydrogen-bond acceptors (Lipinski definition) is 3. The Balaban J connectivity index is 0.000000646. The summed E-state index contributed by atoms with van der Waals surface area (Å²) in [7, 11) is -2.52. The summed E-state index contributed by atoms with van der Waals surface area (Å²) in [6, 6.07) is 15.1. The van der Waals surface area contributed by atoms with E-state index in [0.29, 0.717) is 0 Å². The summed E-state index contributed by atoms with van der Waals surface area (Å²) in [5, 5.41) is 2.65. The van der Waals surface area contributed by atoms with E-state index in [1.54, 1.807) is 0 Å². The first kappa shape index (κ1) is 22.9. The van der Waals surface area contributed by atoms with E-state index in [0.717, 1.165) is 13.1 Å². The van der Waals surface area contributed by atoms with Crippen LogP contribution in [0.4, 0.5) is 0 Å². The van der Waals surface area contributed by atoms with E-state index < -0.39 is 10.4 Å². The van der Waals surface area contributed by atoms with Crippen molar-refractivity contribution in [2.45, 2.75) is 27.3 Å². The minimum absolute atomic E-state index is 0.0686. The molecule has 2 aromatic carbocycles. The SMILES string of the molecule is CN(C/C=C/C#CC(C)(C)C)Cc1cccc2ccccc12.O=S(=O)(O)O. The van der Waals surface area contributed by atoms with Crippen LogP contribution in [0.3, 0.4) is 0 Å². The second kappa shape index (κ2) is 10.2. The van der Waals surface area contributed by atoms with Gasteiger partial charge in [-0.25, -0.2) is 0 Å². The molecule has 0 saturated carbocycles. The van der Waals surface area contributed by atoms with Crippen LogP contribution in [0.1, 0.15) is 26.3 Å². The predicted molar refractivity (Wildman–Crippen MR) is 111 cm³/mol. The van der Waals surface area contributed by atoms with Crippen molar-refractivity contribution in [2.24, 2.45) is 5.41 Å². The Hall–Kier alpha value is -2.17. The molecule has 2 aromatic rings. The smallest absolute Gasteiger partial charge is 0.298 e. The zero-order valence-electron chi connectivity index (χ0n) is 16.2. The molecule has 0 aromatic heterocycles. The highest BCUT2D eigenvalue weighted by Gasteiger charge is 2.03. The van der Waals surface area contributed by atoms with Crippen molar-refractivity contribution in [1.82, 2.24) is 4.90 Å². The minimum Gasteiger partial charge on any atom is -0.298 e. The van der Waals surface area contributed by atoms with E-state index in [-0.39, 0.29) is 5.41 Å². The molecule has 0 unspecified atom stereocenters. The number of allylic oxidation sites excluding steroid dienone is 1. The molecule has 0 aliphatic carbocycles. The van der Waals surface area contributed by atoms with Crippen LogP contribution >= 0.6 is 0 Å². The van der Waals surface area contributed by atoms with Crippen LogP contribution in [-0.2, 0) is 16.9 Å². The topological polar surface area (TPSA) is 77.8 Å². The van der Waals surface area contributed by atoms with Gasteiger partial charge in [0.15, 0.2) is 0 Å². The van der Waals surface area contributed by atoms with E-state index >= 15 is 0 Å². The van der Waals surface area contributed by atoms with E-state index in [1.807, 2.05) is 6.08 Å². The fourth-order valence-electron chi connectivity index (χ4n) is 2.34. The van der Waals surface area contributed by atoms with Gasteiger partial charge < -0.3 is 0 Å². The number of fused-ring (bicyclic) bond motifs is 1. The van der Waals surface area contributed by atoms with Gasteiger partial charge in [0.2, 0.25) is 0 Å². The van der Waals surface area contributed by atoms with E-state index in [9.17, 15) is 0 Å². The molecule has 0 spiro atoms. The first-order valence-electron chi connectivity index (χ1n) is 8.48. The summed E-state index contributed by atoms with van der Waals surface area (Å²) in [5.41, 5.74) is 1.44. The second-order valence-electron chi connectivity index (χ2n) is 7.20. The fourth-order valence-corrected chi connectivity index (χ4v) is 2.34. The summed E-state index contributed by atoms with van der Waals surface area (Å²) in [5.74, 6) is 6.33. The maximum Gasteiger partial charge on any atom is 0.394 e. The molecule has 0 heterocycles. The Morgan fingerprint density at radius 1 is 1.07 bits per heavy atom. The number of nitrogens with zero attached hydrogens (tertiary/aromatic N) is 1. The van der Waals surface area contributed by atoms with Gasteiger partial charge in [-0.05, 0) is 50.2 Å². The van der Waals surface area contributed by atoms with Crippen molar-refractivity contribution in [3.05, 3.63) is 60.2 Å². The van der Waals surface area contributed by atoms with Gasteiger partial charge >= 0.3 is 10.4 Å². The monoisotopic (exact) mass is 389 g/mol. The number of hydrogen-bond donors (Lipinski definition) is 2. The van der Waals surface area contributed by atoms with Crippen molar-refractivity contribution in [1.29, 1.82) is 0 Å². The number of rotatable bonds is 4. The van der Waals surface area contributed by atoms with Crippen molar-refractivity contribution in [3.8, 4) is 11.8 Å². The van der Waals surface area contributed by atoms with Gasteiger partial charge in [-0.3, -0.25) is 14.0 Å². The molecule has 0 amide bonds. The van der Waals surface area contributed by atoms with Gasteiger partial charge in [-0.1, -0.05) is 60.4 Å². The Kier molecular flexibility index (Phi) is 8.67. The quantitative estimate of drug-likeness (QED) is 0.604. The molecule has 0 aliphatic heterocycles. The van der Waals surface area contributed by atoms with Gasteiger partial charge in [0.05, 0.1) is 0 Å². The van der Waals surface area contributed by atoms with Crippen LogP contribution in [0, 0.1) is 17.3 Å². The standard InChI is InChI=1S/C21H25N.H2O4S/c1-21(2,3)15-8-5-9-16-22(4)17-19-13-10-12-18-11-6-7-14-20(18)19;1-5(2,3)4/h5-7,9-14H,16-17H2,1-4H3;(H2,1,2,3,4)/b9-5+;. The van der Waals surface area contributed by atoms with Gasteiger partial charge in [0.1, 0.15) is 0 Å². The van der Waals surface area contributed by atoms with Crippen LogP contribution in [0.5, 0.6) is 0 Å². The van der Waals surface area contributed by atoms with Crippen molar-refractivity contribution >= 4 is 21.2 Å². The van der Waals surface area contributed by atoms with Gasteiger partial charge in [-0.2, -0.15) is 8.42 Å². The van der Waals surface area contributed by atoms with E-state index in [2.05, 4.69) is 93.1 Å². The third-order valence-corrected chi connectivity index (χ3v) is 3.39. The average Bonchev–Trinajstić information content (AvgIpc) is 2.52. The largest absolute Gasteiger partial charge is 0.394 e. The molecule has 2 rings (SSSR count). The lowest BCUT2D eigenvalue weighted by molar-refractivity contribution is 0.365. The molecular formula is C21H27NO4S. The molecule has 5 nitrogen and oxygen atoms in total. The number of benzene rings is 2. The molecule has 0 bridgehead atoms. The Morgan fingerprint density at radius 3 is 2.30 bits per heavy atom. The van der Waals surface area contributed by atoms with Crippen LogP contribution in [-0.4, -0.2) is 36.0 Å². The molecule has 2 N–H and O–H groups in total. The predicted octanol–water partition coefficient (Wildman–Crippen LogP) is 4.22. The highest BCUT2D eigenvalue weighted by Crippen LogP contribution is 2.19. The van der Waals surface area contributed by atoms with Crippen molar-refractivity contribution in [2.75, 3.05) is 13.6 Å². The van der Waals surface area contributed by atoms with Crippen molar-refractivity contribution < 1.29 is 17.5 Å². The van der Waals surface area contributed by atoms with Crippen LogP contribution in [0.15, 0.2) is 54.6 Å². The van der Waals surface area contributed by atoms with Gasteiger partial charge in [0, 0.05) is 18.5 Å². The summed E-state index contributed by atoms with van der Waals surface area (Å²) >= 11 is 0. The summed E-state index contributed by atoms with van der Waals surface area (Å²) in [6.45, 7) is 8.22. The maximum atomic E-state index is 8.74. The normalized spacial score (nSPS) is 11.8. The molecule has 6 heteroatoms. The molecule has 0 saturated heterocycles. The van der Waals surface area contributed by atoms with Gasteiger partial charge in [0.25, 0.3) is 0 Å². The average molecular weight is 390 g/mol. The summed E-state index contributed by atoms with van der Waals surface area (Å²) in [4.78, 5) is 2.30. The highest BCUT2D eigenvalue weighted by atomic mass is 32.3.